The predicted octanol–water partition coefficient (Wildman–Crippen LogP) is 2.39. The van der Waals surface area contributed by atoms with Crippen LogP contribution in [0.5, 0.6) is 0 Å². The molecule has 0 aromatic carbocycles. The van der Waals surface area contributed by atoms with Crippen molar-refractivity contribution in [3.8, 4) is 0 Å². The van der Waals surface area contributed by atoms with Gasteiger partial charge in [0.15, 0.2) is 0 Å². The Balaban J connectivity index is 1.67. The maximum Gasteiger partial charge on any atom is 0.0221 e. The summed E-state index contributed by atoms with van der Waals surface area (Å²) in [6.45, 7) is 6.09. The summed E-state index contributed by atoms with van der Waals surface area (Å²) in [4.78, 5) is 2.63. The maximum absolute atomic E-state index is 3.79. The van der Waals surface area contributed by atoms with Crippen molar-refractivity contribution in [2.75, 3.05) is 19.6 Å². The van der Waals surface area contributed by atoms with Gasteiger partial charge in [0, 0.05) is 18.6 Å². The Morgan fingerprint density at radius 3 is 2.60 bits per heavy atom. The van der Waals surface area contributed by atoms with E-state index in [-0.39, 0.29) is 0 Å². The van der Waals surface area contributed by atoms with E-state index >= 15 is 0 Å². The van der Waals surface area contributed by atoms with Gasteiger partial charge >= 0.3 is 0 Å². The number of nitrogens with one attached hydrogen (secondary N) is 1. The van der Waals surface area contributed by atoms with Crippen LogP contribution in [0.25, 0.3) is 0 Å². The molecule has 1 N–H and O–H groups in total. The molecule has 2 heteroatoms. The third kappa shape index (κ3) is 3.18. The Hall–Kier alpha value is -0.0800. The van der Waals surface area contributed by atoms with E-state index in [1.807, 2.05) is 0 Å². The highest BCUT2D eigenvalue weighted by Crippen LogP contribution is 2.19. The zero-order valence-electron chi connectivity index (χ0n) is 10.2. The van der Waals surface area contributed by atoms with Crippen molar-refractivity contribution >= 4 is 0 Å². The molecule has 2 fully saturated rings. The van der Waals surface area contributed by atoms with Crippen LogP contribution in [0.1, 0.15) is 51.9 Å². The third-order valence-electron chi connectivity index (χ3n) is 4.15. The van der Waals surface area contributed by atoms with Crippen molar-refractivity contribution in [3.05, 3.63) is 0 Å². The first-order valence-electron chi connectivity index (χ1n) is 6.87. The van der Waals surface area contributed by atoms with Crippen LogP contribution in [0.4, 0.5) is 0 Å². The molecule has 1 heterocycles. The van der Waals surface area contributed by atoms with Crippen molar-refractivity contribution in [3.63, 3.8) is 0 Å². The van der Waals surface area contributed by atoms with E-state index < -0.39 is 0 Å². The average molecular weight is 210 g/mol. The molecule has 0 amide bonds. The minimum atomic E-state index is 0.830. The lowest BCUT2D eigenvalue weighted by Crippen LogP contribution is -2.42. The molecule has 1 atom stereocenters. The molecule has 0 bridgehead atoms. The fourth-order valence-corrected chi connectivity index (χ4v) is 3.15. The van der Waals surface area contributed by atoms with Crippen LogP contribution in [0.2, 0.25) is 0 Å². The van der Waals surface area contributed by atoms with Crippen LogP contribution < -0.4 is 5.32 Å². The molecule has 0 unspecified atom stereocenters. The Bertz CT molecular complexity index is 175. The maximum atomic E-state index is 3.79. The molecule has 1 saturated carbocycles. The van der Waals surface area contributed by atoms with E-state index in [0.29, 0.717) is 0 Å². The van der Waals surface area contributed by atoms with E-state index in [2.05, 4.69) is 17.1 Å². The molecule has 0 aromatic heterocycles. The Kier molecular flexibility index (Phi) is 4.45. The largest absolute Gasteiger partial charge is 0.312 e. The first-order chi connectivity index (χ1) is 7.40. The van der Waals surface area contributed by atoms with Gasteiger partial charge in [-0.05, 0) is 38.8 Å². The molecule has 1 aliphatic heterocycles. The number of likely N-dealkylation sites (tertiary alicyclic amines) is 1. The minimum absolute atomic E-state index is 0.830. The molecule has 2 nitrogen and oxygen atoms in total. The van der Waals surface area contributed by atoms with Crippen molar-refractivity contribution in [2.45, 2.75) is 64.0 Å². The van der Waals surface area contributed by atoms with Crippen LogP contribution in [-0.4, -0.2) is 36.6 Å². The molecule has 0 radical (unpaired) electrons. The number of hydrogen-bond donors (Lipinski definition) is 1. The van der Waals surface area contributed by atoms with E-state index in [9.17, 15) is 0 Å². The molecule has 2 rings (SSSR count). The highest BCUT2D eigenvalue weighted by atomic mass is 15.2. The van der Waals surface area contributed by atoms with Crippen molar-refractivity contribution in [1.82, 2.24) is 10.2 Å². The summed E-state index contributed by atoms with van der Waals surface area (Å²) >= 11 is 0. The quantitative estimate of drug-likeness (QED) is 0.766. The lowest BCUT2D eigenvalue weighted by Gasteiger charge is -2.28. The lowest BCUT2D eigenvalue weighted by molar-refractivity contribution is 0.245. The first kappa shape index (κ1) is 11.4. The van der Waals surface area contributed by atoms with Gasteiger partial charge in [-0.2, -0.15) is 0 Å². The van der Waals surface area contributed by atoms with Gasteiger partial charge in [-0.3, -0.25) is 4.90 Å². The van der Waals surface area contributed by atoms with Crippen molar-refractivity contribution in [1.29, 1.82) is 0 Å². The molecule has 0 aromatic rings. The summed E-state index contributed by atoms with van der Waals surface area (Å²) in [6, 6.07) is 1.66. The third-order valence-corrected chi connectivity index (χ3v) is 4.15. The van der Waals surface area contributed by atoms with Crippen LogP contribution in [0, 0.1) is 0 Å². The number of likely N-dealkylation sites (N-methyl/N-ethyl adjacent to an activating group) is 1. The second-order valence-corrected chi connectivity index (χ2v) is 5.17. The van der Waals surface area contributed by atoms with Gasteiger partial charge in [-0.25, -0.2) is 0 Å². The van der Waals surface area contributed by atoms with Crippen LogP contribution >= 0.6 is 0 Å². The Labute approximate surface area is 94.4 Å². The van der Waals surface area contributed by atoms with E-state index in [0.717, 1.165) is 12.1 Å². The molecule has 2 aliphatic rings. The molecule has 1 aliphatic carbocycles. The predicted molar refractivity (Wildman–Crippen MR) is 65.1 cm³/mol. The standard InChI is InChI=1S/C13H26N2/c1-2-15-10-6-9-13(15)11-14-12-7-4-3-5-8-12/h12-14H,2-11H2,1H3/t13-/m0/s1. The van der Waals surface area contributed by atoms with Crippen LogP contribution in [0.15, 0.2) is 0 Å². The lowest BCUT2D eigenvalue weighted by atomic mass is 9.95. The molecule has 88 valence electrons. The van der Waals surface area contributed by atoms with Gasteiger partial charge in [0.25, 0.3) is 0 Å². The van der Waals surface area contributed by atoms with Gasteiger partial charge in [0.2, 0.25) is 0 Å². The number of hydrogen-bond acceptors (Lipinski definition) is 2. The highest BCUT2D eigenvalue weighted by Gasteiger charge is 2.23. The summed E-state index contributed by atoms with van der Waals surface area (Å²) in [7, 11) is 0. The summed E-state index contributed by atoms with van der Waals surface area (Å²) < 4.78 is 0. The Morgan fingerprint density at radius 1 is 1.07 bits per heavy atom. The monoisotopic (exact) mass is 210 g/mol. The summed E-state index contributed by atoms with van der Waals surface area (Å²) in [6.07, 6.45) is 10.00. The number of rotatable bonds is 4. The molecule has 0 spiro atoms. The van der Waals surface area contributed by atoms with E-state index in [4.69, 9.17) is 0 Å². The topological polar surface area (TPSA) is 15.3 Å². The second-order valence-electron chi connectivity index (χ2n) is 5.17. The molecular formula is C13H26N2. The fourth-order valence-electron chi connectivity index (χ4n) is 3.15. The van der Waals surface area contributed by atoms with Crippen molar-refractivity contribution in [2.24, 2.45) is 0 Å². The first-order valence-corrected chi connectivity index (χ1v) is 6.87. The smallest absolute Gasteiger partial charge is 0.0221 e. The normalized spacial score (nSPS) is 29.8. The zero-order valence-corrected chi connectivity index (χ0v) is 10.2. The van der Waals surface area contributed by atoms with E-state index in [1.54, 1.807) is 0 Å². The minimum Gasteiger partial charge on any atom is -0.312 e. The highest BCUT2D eigenvalue weighted by molar-refractivity contribution is 4.82. The molecular weight excluding hydrogens is 184 g/mol. The van der Waals surface area contributed by atoms with Gasteiger partial charge in [-0.15, -0.1) is 0 Å². The summed E-state index contributed by atoms with van der Waals surface area (Å²) in [5, 5.41) is 3.79. The van der Waals surface area contributed by atoms with Crippen LogP contribution in [0.3, 0.4) is 0 Å². The van der Waals surface area contributed by atoms with E-state index in [1.165, 1.54) is 64.6 Å². The fraction of sp³-hybridized carbons (Fsp3) is 1.00. The van der Waals surface area contributed by atoms with Crippen LogP contribution in [-0.2, 0) is 0 Å². The Morgan fingerprint density at radius 2 is 1.87 bits per heavy atom. The van der Waals surface area contributed by atoms with Gasteiger partial charge < -0.3 is 5.32 Å². The average Bonchev–Trinajstić information content (AvgIpc) is 2.75. The van der Waals surface area contributed by atoms with Crippen molar-refractivity contribution < 1.29 is 0 Å². The SMILES string of the molecule is CCN1CCC[C@H]1CNC1CCCCC1. The van der Waals surface area contributed by atoms with Gasteiger partial charge in [0.1, 0.15) is 0 Å². The second kappa shape index (κ2) is 5.86. The van der Waals surface area contributed by atoms with Gasteiger partial charge in [0.05, 0.1) is 0 Å². The summed E-state index contributed by atoms with van der Waals surface area (Å²) in [5.74, 6) is 0. The summed E-state index contributed by atoms with van der Waals surface area (Å²) in [5.41, 5.74) is 0. The number of nitrogens with zero attached hydrogens (tertiary/aromatic N) is 1. The molecule has 1 saturated heterocycles. The van der Waals surface area contributed by atoms with Gasteiger partial charge in [-0.1, -0.05) is 26.2 Å². The molecule has 15 heavy (non-hydrogen) atoms. The zero-order chi connectivity index (χ0) is 10.5.